The molecule has 0 unspecified atom stereocenters. The molecular weight excluding hydrogens is 332 g/mol. The van der Waals surface area contributed by atoms with Crippen LogP contribution in [-0.2, 0) is 4.79 Å². The van der Waals surface area contributed by atoms with Crippen LogP contribution in [0, 0.1) is 0 Å². The van der Waals surface area contributed by atoms with Crippen LogP contribution in [0.3, 0.4) is 0 Å². The summed E-state index contributed by atoms with van der Waals surface area (Å²) in [6.07, 6.45) is 0.402. The summed E-state index contributed by atoms with van der Waals surface area (Å²) in [6.45, 7) is 3.75. The van der Waals surface area contributed by atoms with Gasteiger partial charge in [-0.3, -0.25) is 4.79 Å². The number of nitrogens with zero attached hydrogens (tertiary/aromatic N) is 2. The second-order valence-electron chi connectivity index (χ2n) is 6.32. The van der Waals surface area contributed by atoms with Gasteiger partial charge in [0.05, 0.1) is 13.0 Å². The zero-order valence-electron chi connectivity index (χ0n) is 14.6. The predicted octanol–water partition coefficient (Wildman–Crippen LogP) is 2.53. The van der Waals surface area contributed by atoms with Crippen molar-refractivity contribution in [1.82, 2.24) is 4.90 Å². The van der Waals surface area contributed by atoms with Crippen LogP contribution >= 0.6 is 0 Å². The minimum absolute atomic E-state index is 0.145. The Kier molecular flexibility index (Phi) is 4.82. The van der Waals surface area contributed by atoms with Crippen molar-refractivity contribution >= 4 is 11.6 Å². The van der Waals surface area contributed by atoms with E-state index in [0.29, 0.717) is 13.0 Å². The van der Waals surface area contributed by atoms with Gasteiger partial charge in [-0.1, -0.05) is 18.2 Å². The molecule has 136 valence electrons. The highest BCUT2D eigenvalue weighted by Crippen LogP contribution is 2.35. The molecule has 0 aromatic heterocycles. The molecule has 2 heterocycles. The molecule has 2 aromatic rings. The lowest BCUT2D eigenvalue weighted by Gasteiger charge is -2.36. The van der Waals surface area contributed by atoms with Gasteiger partial charge in [-0.05, 0) is 24.3 Å². The molecule has 6 nitrogen and oxygen atoms in total. The number of ether oxygens (including phenoxy) is 3. The van der Waals surface area contributed by atoms with Crippen molar-refractivity contribution in [1.29, 1.82) is 0 Å². The van der Waals surface area contributed by atoms with E-state index in [1.54, 1.807) is 0 Å². The number of amides is 1. The van der Waals surface area contributed by atoms with Crippen LogP contribution in [-0.4, -0.2) is 50.4 Å². The summed E-state index contributed by atoms with van der Waals surface area (Å²) in [5, 5.41) is 0. The van der Waals surface area contributed by atoms with Crippen molar-refractivity contribution in [2.75, 3.05) is 44.5 Å². The molecule has 0 bridgehead atoms. The van der Waals surface area contributed by atoms with E-state index in [1.165, 1.54) is 0 Å². The molecule has 0 N–H and O–H groups in total. The average molecular weight is 354 g/mol. The lowest BCUT2D eigenvalue weighted by molar-refractivity contribution is -0.132. The molecule has 26 heavy (non-hydrogen) atoms. The molecule has 1 amide bonds. The summed E-state index contributed by atoms with van der Waals surface area (Å²) >= 11 is 0. The maximum absolute atomic E-state index is 12.4. The van der Waals surface area contributed by atoms with Gasteiger partial charge in [-0.25, -0.2) is 0 Å². The number of hydrogen-bond donors (Lipinski definition) is 0. The van der Waals surface area contributed by atoms with E-state index in [0.717, 1.165) is 49.1 Å². The van der Waals surface area contributed by atoms with Crippen LogP contribution < -0.4 is 19.1 Å². The van der Waals surface area contributed by atoms with Crippen LogP contribution in [0.15, 0.2) is 48.5 Å². The summed E-state index contributed by atoms with van der Waals surface area (Å²) in [4.78, 5) is 16.6. The van der Waals surface area contributed by atoms with Gasteiger partial charge in [0, 0.05) is 37.9 Å². The fraction of sp³-hybridized carbons (Fsp3) is 0.350. The van der Waals surface area contributed by atoms with Crippen molar-refractivity contribution in [3.8, 4) is 17.2 Å². The van der Waals surface area contributed by atoms with Crippen molar-refractivity contribution in [3.63, 3.8) is 0 Å². The van der Waals surface area contributed by atoms with E-state index in [4.69, 9.17) is 14.2 Å². The molecule has 0 saturated carbocycles. The van der Waals surface area contributed by atoms with Gasteiger partial charge in [-0.2, -0.15) is 0 Å². The molecule has 1 fully saturated rings. The zero-order valence-corrected chi connectivity index (χ0v) is 14.6. The van der Waals surface area contributed by atoms with Crippen LogP contribution in [0.1, 0.15) is 6.42 Å². The number of anilines is 1. The van der Waals surface area contributed by atoms with Crippen LogP contribution in [0.5, 0.6) is 17.2 Å². The van der Waals surface area contributed by atoms with Crippen LogP contribution in [0.4, 0.5) is 5.69 Å². The van der Waals surface area contributed by atoms with Crippen molar-refractivity contribution in [2.24, 2.45) is 0 Å². The summed E-state index contributed by atoms with van der Waals surface area (Å²) in [5.41, 5.74) is 1.11. The first-order valence-electron chi connectivity index (χ1n) is 8.90. The van der Waals surface area contributed by atoms with Gasteiger partial charge >= 0.3 is 0 Å². The maximum Gasteiger partial charge on any atom is 0.231 e. The Morgan fingerprint density at radius 1 is 0.962 bits per heavy atom. The lowest BCUT2D eigenvalue weighted by atomic mass is 10.2. The molecule has 1 saturated heterocycles. The Bertz CT molecular complexity index is 758. The minimum atomic E-state index is 0.145. The third-order valence-electron chi connectivity index (χ3n) is 4.68. The highest BCUT2D eigenvalue weighted by atomic mass is 16.7. The van der Waals surface area contributed by atoms with Gasteiger partial charge in [0.2, 0.25) is 12.7 Å². The van der Waals surface area contributed by atoms with Gasteiger partial charge in [0.1, 0.15) is 5.75 Å². The third kappa shape index (κ3) is 3.69. The van der Waals surface area contributed by atoms with Gasteiger partial charge in [0.15, 0.2) is 11.5 Å². The first kappa shape index (κ1) is 16.6. The second kappa shape index (κ2) is 7.56. The smallest absolute Gasteiger partial charge is 0.231 e. The molecule has 0 atom stereocenters. The van der Waals surface area contributed by atoms with E-state index in [2.05, 4.69) is 4.90 Å². The zero-order chi connectivity index (χ0) is 17.8. The molecule has 2 aliphatic rings. The lowest BCUT2D eigenvalue weighted by Crippen LogP contribution is -2.49. The van der Waals surface area contributed by atoms with Gasteiger partial charge in [-0.15, -0.1) is 0 Å². The summed E-state index contributed by atoms with van der Waals surface area (Å²) in [7, 11) is 0. The minimum Gasteiger partial charge on any atom is -0.493 e. The molecule has 0 spiro atoms. The summed E-state index contributed by atoms with van der Waals surface area (Å²) in [6, 6.07) is 15.6. The normalized spacial score (nSPS) is 15.8. The Labute approximate surface area is 152 Å². The number of benzene rings is 2. The molecule has 2 aromatic carbocycles. The number of hydrogen-bond acceptors (Lipinski definition) is 5. The van der Waals surface area contributed by atoms with Crippen molar-refractivity contribution in [2.45, 2.75) is 6.42 Å². The fourth-order valence-electron chi connectivity index (χ4n) is 3.23. The molecule has 2 aliphatic heterocycles. The predicted molar refractivity (Wildman–Crippen MR) is 97.9 cm³/mol. The number of fused-ring (bicyclic) bond motifs is 1. The molecule has 4 rings (SSSR count). The van der Waals surface area contributed by atoms with Crippen molar-refractivity contribution < 1.29 is 19.0 Å². The SMILES string of the molecule is O=C(CCOc1ccccc1)N1CCN(c2ccc3c(c2)OCO3)CC1. The maximum atomic E-state index is 12.4. The molecule has 6 heteroatoms. The highest BCUT2D eigenvalue weighted by Gasteiger charge is 2.22. The third-order valence-corrected chi connectivity index (χ3v) is 4.68. The Morgan fingerprint density at radius 3 is 2.54 bits per heavy atom. The second-order valence-corrected chi connectivity index (χ2v) is 6.32. The first-order valence-corrected chi connectivity index (χ1v) is 8.90. The van der Waals surface area contributed by atoms with Crippen molar-refractivity contribution in [3.05, 3.63) is 48.5 Å². The van der Waals surface area contributed by atoms with E-state index in [1.807, 2.05) is 53.4 Å². The van der Waals surface area contributed by atoms with Gasteiger partial charge < -0.3 is 24.0 Å². The largest absolute Gasteiger partial charge is 0.493 e. The van der Waals surface area contributed by atoms with E-state index >= 15 is 0 Å². The average Bonchev–Trinajstić information content (AvgIpc) is 3.17. The van der Waals surface area contributed by atoms with E-state index in [9.17, 15) is 4.79 Å². The van der Waals surface area contributed by atoms with Crippen LogP contribution in [0.25, 0.3) is 0 Å². The van der Waals surface area contributed by atoms with E-state index in [-0.39, 0.29) is 12.7 Å². The number of piperazine rings is 1. The molecular formula is C20H22N2O4. The molecule has 0 aliphatic carbocycles. The Balaban J connectivity index is 1.25. The van der Waals surface area contributed by atoms with E-state index < -0.39 is 0 Å². The molecule has 0 radical (unpaired) electrons. The van der Waals surface area contributed by atoms with Gasteiger partial charge in [0.25, 0.3) is 0 Å². The monoisotopic (exact) mass is 354 g/mol. The fourth-order valence-corrected chi connectivity index (χ4v) is 3.23. The quantitative estimate of drug-likeness (QED) is 0.826. The number of carbonyl (C=O) groups is 1. The highest BCUT2D eigenvalue weighted by molar-refractivity contribution is 5.76. The first-order chi connectivity index (χ1) is 12.8. The summed E-state index contributed by atoms with van der Waals surface area (Å²) in [5.74, 6) is 2.53. The number of rotatable bonds is 5. The Morgan fingerprint density at radius 2 is 1.73 bits per heavy atom. The number of carbonyl (C=O) groups excluding carboxylic acids is 1. The van der Waals surface area contributed by atoms with Crippen LogP contribution in [0.2, 0.25) is 0 Å². The standard InChI is InChI=1S/C20H22N2O4/c23-20(8-13-24-17-4-2-1-3-5-17)22-11-9-21(10-12-22)16-6-7-18-19(14-16)26-15-25-18/h1-7,14H,8-13,15H2. The topological polar surface area (TPSA) is 51.2 Å². The summed E-state index contributed by atoms with van der Waals surface area (Å²) < 4.78 is 16.4. The Hall–Kier alpha value is -2.89. The number of para-hydroxylation sites is 1.